The Hall–Kier alpha value is -2.87. The maximum absolute atomic E-state index is 14.3. The van der Waals surface area contributed by atoms with Crippen molar-refractivity contribution < 1.29 is 31.9 Å². The van der Waals surface area contributed by atoms with E-state index in [9.17, 15) is 27.2 Å². The van der Waals surface area contributed by atoms with Gasteiger partial charge in [0.15, 0.2) is 0 Å². The fraction of sp³-hybridized carbons (Fsp3) is 0.679. The van der Waals surface area contributed by atoms with Crippen molar-refractivity contribution in [2.24, 2.45) is 11.8 Å². The van der Waals surface area contributed by atoms with Crippen molar-refractivity contribution in [1.29, 1.82) is 5.26 Å². The number of piperidine rings is 2. The average Bonchev–Trinajstić information content (AvgIpc) is 3.21. The lowest BCUT2D eigenvalue weighted by atomic mass is 9.80. The van der Waals surface area contributed by atoms with Gasteiger partial charge in [-0.05, 0) is 43.7 Å². The lowest BCUT2D eigenvalue weighted by Gasteiger charge is -2.38. The van der Waals surface area contributed by atoms with E-state index in [1.807, 2.05) is 4.90 Å². The Morgan fingerprint density at radius 2 is 1.62 bits per heavy atom. The van der Waals surface area contributed by atoms with Crippen LogP contribution in [0.3, 0.4) is 0 Å². The van der Waals surface area contributed by atoms with E-state index >= 15 is 0 Å². The van der Waals surface area contributed by atoms with Crippen LogP contribution in [0.5, 0.6) is 0 Å². The maximum atomic E-state index is 14.3. The van der Waals surface area contributed by atoms with Crippen LogP contribution >= 0.6 is 0 Å². The van der Waals surface area contributed by atoms with Crippen LogP contribution in [-0.4, -0.2) is 77.5 Å². The molecule has 4 fully saturated rings. The first-order chi connectivity index (χ1) is 18.6. The van der Waals surface area contributed by atoms with Gasteiger partial charge in [-0.3, -0.25) is 9.69 Å². The molecule has 0 bridgehead atoms. The molecule has 1 aromatic carbocycles. The Kier molecular flexibility index (Phi) is 7.77. The Balaban J connectivity index is 1.08. The van der Waals surface area contributed by atoms with Crippen molar-refractivity contribution in [1.82, 2.24) is 14.7 Å². The van der Waals surface area contributed by atoms with Gasteiger partial charge in [-0.1, -0.05) is 0 Å². The highest BCUT2D eigenvalue weighted by Gasteiger charge is 2.47. The molecule has 1 spiro atoms. The zero-order valence-corrected chi connectivity index (χ0v) is 21.9. The molecule has 0 N–H and O–H groups in total. The third-order valence-corrected chi connectivity index (χ3v) is 8.94. The SMILES string of the molecule is N#Cc1cc(F)c(CN2CCC3(CC2)CN(CC2CCC(C(=O)N4CCC(F)(F)CC4)CC2)C(=O)O3)c(F)c1. The van der Waals surface area contributed by atoms with E-state index in [1.54, 1.807) is 15.9 Å². The van der Waals surface area contributed by atoms with Crippen LogP contribution in [0.2, 0.25) is 0 Å². The van der Waals surface area contributed by atoms with E-state index in [2.05, 4.69) is 0 Å². The van der Waals surface area contributed by atoms with Gasteiger partial charge in [-0.15, -0.1) is 0 Å². The summed E-state index contributed by atoms with van der Waals surface area (Å²) in [5, 5.41) is 8.88. The standard InChI is InChI=1S/C28H34F4N4O3/c29-23-13-20(15-33)14-24(30)22(23)17-34-9-5-27(6-10-34)18-36(26(38)39-27)16-19-1-3-21(4-2-19)25(37)35-11-7-28(31,32)8-12-35/h13-14,19,21H,1-12,16-18H2. The normalized spacial score (nSPS) is 26.9. The van der Waals surface area contributed by atoms with Gasteiger partial charge in [0, 0.05) is 76.4 Å². The molecule has 3 saturated heterocycles. The zero-order valence-electron chi connectivity index (χ0n) is 21.9. The van der Waals surface area contributed by atoms with Gasteiger partial charge >= 0.3 is 6.09 Å². The van der Waals surface area contributed by atoms with Gasteiger partial charge in [0.2, 0.25) is 5.91 Å². The van der Waals surface area contributed by atoms with Crippen molar-refractivity contribution in [2.45, 2.75) is 69.4 Å². The van der Waals surface area contributed by atoms with Crippen molar-refractivity contribution >= 4 is 12.0 Å². The fourth-order valence-corrected chi connectivity index (χ4v) is 6.47. The van der Waals surface area contributed by atoms with Gasteiger partial charge in [0.05, 0.1) is 18.2 Å². The number of hydrogen-bond donors (Lipinski definition) is 0. The number of ether oxygens (including phenoxy) is 1. The van der Waals surface area contributed by atoms with E-state index in [4.69, 9.17) is 10.00 Å². The van der Waals surface area contributed by atoms with Gasteiger partial charge in [-0.25, -0.2) is 22.4 Å². The Morgan fingerprint density at radius 3 is 2.21 bits per heavy atom. The summed E-state index contributed by atoms with van der Waals surface area (Å²) in [6.45, 7) is 2.39. The minimum Gasteiger partial charge on any atom is -0.441 e. The molecule has 0 atom stereocenters. The molecule has 7 nitrogen and oxygen atoms in total. The molecule has 4 aliphatic rings. The van der Waals surface area contributed by atoms with Crippen LogP contribution in [0.4, 0.5) is 22.4 Å². The van der Waals surface area contributed by atoms with E-state index in [0.29, 0.717) is 51.9 Å². The van der Waals surface area contributed by atoms with Crippen LogP contribution in [0.15, 0.2) is 12.1 Å². The summed E-state index contributed by atoms with van der Waals surface area (Å²) in [6.07, 6.45) is 3.22. The summed E-state index contributed by atoms with van der Waals surface area (Å²) < 4.78 is 61.3. The lowest BCUT2D eigenvalue weighted by molar-refractivity contribution is -0.142. The number of carbonyl (C=O) groups excluding carboxylic acids is 2. The van der Waals surface area contributed by atoms with Crippen molar-refractivity contribution in [3.8, 4) is 6.07 Å². The van der Waals surface area contributed by atoms with E-state index < -0.39 is 23.2 Å². The highest BCUT2D eigenvalue weighted by atomic mass is 19.3. The Morgan fingerprint density at radius 1 is 1.00 bits per heavy atom. The molecule has 5 rings (SSSR count). The first-order valence-electron chi connectivity index (χ1n) is 13.8. The molecular weight excluding hydrogens is 516 g/mol. The number of carbonyl (C=O) groups is 2. The third kappa shape index (κ3) is 6.16. The molecule has 0 aromatic heterocycles. The predicted octanol–water partition coefficient (Wildman–Crippen LogP) is 4.69. The third-order valence-electron chi connectivity index (χ3n) is 8.94. The molecule has 39 heavy (non-hydrogen) atoms. The van der Waals surface area contributed by atoms with Crippen molar-refractivity contribution in [3.63, 3.8) is 0 Å². The van der Waals surface area contributed by atoms with Crippen molar-refractivity contribution in [2.75, 3.05) is 39.3 Å². The summed E-state index contributed by atoms with van der Waals surface area (Å²) in [5.41, 5.74) is -0.736. The highest BCUT2D eigenvalue weighted by molar-refractivity contribution is 5.79. The molecular formula is C28H34F4N4O3. The highest BCUT2D eigenvalue weighted by Crippen LogP contribution is 2.37. The molecule has 0 unspecified atom stereocenters. The molecule has 3 heterocycles. The van der Waals surface area contributed by atoms with Gasteiger partial charge in [0.25, 0.3) is 5.92 Å². The van der Waals surface area contributed by atoms with Crippen LogP contribution < -0.4 is 0 Å². The monoisotopic (exact) mass is 550 g/mol. The summed E-state index contributed by atoms with van der Waals surface area (Å²) in [7, 11) is 0. The molecule has 1 aromatic rings. The number of amides is 2. The minimum absolute atomic E-state index is 0.0176. The quantitative estimate of drug-likeness (QED) is 0.498. The first-order valence-corrected chi connectivity index (χ1v) is 13.8. The number of halogens is 4. The predicted molar refractivity (Wildman–Crippen MR) is 133 cm³/mol. The Labute approximate surface area is 225 Å². The van der Waals surface area contributed by atoms with Gasteiger partial charge in [-0.2, -0.15) is 5.26 Å². The second-order valence-electron chi connectivity index (χ2n) is 11.6. The average molecular weight is 551 g/mol. The summed E-state index contributed by atoms with van der Waals surface area (Å²) >= 11 is 0. The second-order valence-corrected chi connectivity index (χ2v) is 11.6. The summed E-state index contributed by atoms with van der Waals surface area (Å²) in [6, 6.07) is 3.83. The minimum atomic E-state index is -2.67. The summed E-state index contributed by atoms with van der Waals surface area (Å²) in [4.78, 5) is 30.8. The van der Waals surface area contributed by atoms with E-state index in [1.165, 1.54) is 0 Å². The molecule has 0 radical (unpaired) electrons. The summed E-state index contributed by atoms with van der Waals surface area (Å²) in [5.74, 6) is -4.05. The van der Waals surface area contributed by atoms with E-state index in [0.717, 1.165) is 25.0 Å². The number of benzene rings is 1. The Bertz CT molecular complexity index is 1110. The van der Waals surface area contributed by atoms with Crippen LogP contribution in [0.25, 0.3) is 0 Å². The molecule has 1 saturated carbocycles. The van der Waals surface area contributed by atoms with Crippen molar-refractivity contribution in [3.05, 3.63) is 34.9 Å². The lowest BCUT2D eigenvalue weighted by Crippen LogP contribution is -2.47. The zero-order chi connectivity index (χ0) is 27.8. The molecule has 212 valence electrons. The fourth-order valence-electron chi connectivity index (χ4n) is 6.47. The number of nitrogens with zero attached hydrogens (tertiary/aromatic N) is 4. The van der Waals surface area contributed by atoms with Gasteiger partial charge in [0.1, 0.15) is 17.2 Å². The number of nitriles is 1. The maximum Gasteiger partial charge on any atom is 0.410 e. The largest absolute Gasteiger partial charge is 0.441 e. The molecule has 11 heteroatoms. The number of rotatable bonds is 5. The molecule has 1 aliphatic carbocycles. The number of alkyl halides is 2. The number of hydrogen-bond acceptors (Lipinski definition) is 5. The second kappa shape index (κ2) is 11.0. The van der Waals surface area contributed by atoms with Crippen LogP contribution in [0.1, 0.15) is 62.5 Å². The van der Waals surface area contributed by atoms with E-state index in [-0.39, 0.29) is 67.4 Å². The van der Waals surface area contributed by atoms with Crippen LogP contribution in [0, 0.1) is 34.8 Å². The number of likely N-dealkylation sites (tertiary alicyclic amines) is 2. The smallest absolute Gasteiger partial charge is 0.410 e. The van der Waals surface area contributed by atoms with Gasteiger partial charge < -0.3 is 14.5 Å². The molecule has 2 amide bonds. The first kappa shape index (κ1) is 27.7. The molecule has 3 aliphatic heterocycles. The van der Waals surface area contributed by atoms with Crippen LogP contribution in [-0.2, 0) is 16.1 Å². The topological polar surface area (TPSA) is 76.9 Å².